The quantitative estimate of drug-likeness (QED) is 0.906. The van der Waals surface area contributed by atoms with E-state index in [1.54, 1.807) is 7.11 Å². The summed E-state index contributed by atoms with van der Waals surface area (Å²) < 4.78 is 5.38. The molecule has 1 aliphatic carbocycles. The van der Waals surface area contributed by atoms with Gasteiger partial charge < -0.3 is 20.3 Å². The number of hydrogen-bond donors (Lipinski definition) is 1. The molecule has 2 fully saturated rings. The highest BCUT2D eigenvalue weighted by atomic mass is 35.5. The molecule has 24 heavy (non-hydrogen) atoms. The molecule has 5 nitrogen and oxygen atoms in total. The molecule has 1 amide bonds. The molecule has 1 saturated carbocycles. The summed E-state index contributed by atoms with van der Waals surface area (Å²) in [5, 5.41) is 0.745. The highest BCUT2D eigenvalue weighted by Gasteiger charge is 2.34. The second-order valence-corrected chi connectivity index (χ2v) is 7.18. The smallest absolute Gasteiger partial charge is 0.225 e. The Hall–Kier alpha value is -1.30. The molecule has 3 rings (SSSR count). The summed E-state index contributed by atoms with van der Waals surface area (Å²) in [6.45, 7) is 3.19. The molecule has 1 aliphatic heterocycles. The zero-order chi connectivity index (χ0) is 17.1. The van der Waals surface area contributed by atoms with Crippen molar-refractivity contribution in [3.05, 3.63) is 29.3 Å². The number of nitrogens with two attached hydrogens (primary N) is 1. The third-order valence-corrected chi connectivity index (χ3v) is 5.49. The fraction of sp³-hybridized carbons (Fsp3) is 0.611. The largest absolute Gasteiger partial charge is 0.380 e. The van der Waals surface area contributed by atoms with Crippen LogP contribution in [-0.2, 0) is 9.53 Å². The van der Waals surface area contributed by atoms with Gasteiger partial charge in [0.05, 0.1) is 6.10 Å². The van der Waals surface area contributed by atoms with Crippen LogP contribution in [0.3, 0.4) is 0 Å². The summed E-state index contributed by atoms with van der Waals surface area (Å²) in [6.07, 6.45) is 2.57. The fourth-order valence-corrected chi connectivity index (χ4v) is 4.00. The number of carbonyl (C=O) groups excluding carboxylic acids is 1. The van der Waals surface area contributed by atoms with E-state index in [0.717, 1.165) is 56.2 Å². The summed E-state index contributed by atoms with van der Waals surface area (Å²) in [4.78, 5) is 17.1. The molecule has 2 N–H and O–H groups in total. The van der Waals surface area contributed by atoms with Crippen LogP contribution in [0.4, 0.5) is 5.69 Å². The first-order valence-corrected chi connectivity index (χ1v) is 9.04. The topological polar surface area (TPSA) is 58.8 Å². The minimum atomic E-state index is -0.0366. The number of halogens is 1. The van der Waals surface area contributed by atoms with E-state index < -0.39 is 0 Å². The van der Waals surface area contributed by atoms with Crippen molar-refractivity contribution in [2.45, 2.75) is 31.4 Å². The lowest BCUT2D eigenvalue weighted by Crippen LogP contribution is -2.52. The number of methoxy groups -OCH3 is 1. The van der Waals surface area contributed by atoms with Gasteiger partial charge >= 0.3 is 0 Å². The van der Waals surface area contributed by atoms with E-state index in [1.165, 1.54) is 0 Å². The van der Waals surface area contributed by atoms with Crippen LogP contribution in [0.1, 0.15) is 19.3 Å². The minimum Gasteiger partial charge on any atom is -0.380 e. The molecule has 0 spiro atoms. The van der Waals surface area contributed by atoms with Crippen molar-refractivity contribution in [2.75, 3.05) is 38.2 Å². The first-order valence-electron chi connectivity index (χ1n) is 8.66. The zero-order valence-electron chi connectivity index (χ0n) is 14.2. The molecule has 1 saturated heterocycles. The molecule has 0 aromatic heterocycles. The Morgan fingerprint density at radius 1 is 1.25 bits per heavy atom. The van der Waals surface area contributed by atoms with Gasteiger partial charge in [0.1, 0.15) is 0 Å². The standard InChI is InChI=1S/C18H26ClN3O2/c1-24-17-6-5-13(11-16(17)20)18(23)22-9-7-21(8-10-22)15-4-2-3-14(19)12-15/h2-4,12-13,16-17H,5-11,20H2,1H3/t13-,16+,17+/m0/s1. The summed E-state index contributed by atoms with van der Waals surface area (Å²) in [5.74, 6) is 0.301. The molecular formula is C18H26ClN3O2. The van der Waals surface area contributed by atoms with E-state index in [1.807, 2.05) is 23.1 Å². The summed E-state index contributed by atoms with van der Waals surface area (Å²) in [7, 11) is 1.70. The monoisotopic (exact) mass is 351 g/mol. The average molecular weight is 352 g/mol. The zero-order valence-corrected chi connectivity index (χ0v) is 14.9. The van der Waals surface area contributed by atoms with Gasteiger partial charge in [-0.2, -0.15) is 0 Å². The number of rotatable bonds is 3. The van der Waals surface area contributed by atoms with Gasteiger partial charge in [-0.1, -0.05) is 17.7 Å². The van der Waals surface area contributed by atoms with Crippen LogP contribution in [-0.4, -0.2) is 56.2 Å². The second kappa shape index (κ2) is 7.72. The van der Waals surface area contributed by atoms with Crippen LogP contribution < -0.4 is 10.6 Å². The molecule has 1 heterocycles. The van der Waals surface area contributed by atoms with E-state index in [9.17, 15) is 4.79 Å². The van der Waals surface area contributed by atoms with Crippen molar-refractivity contribution in [3.63, 3.8) is 0 Å². The van der Waals surface area contributed by atoms with Gasteiger partial charge in [-0.3, -0.25) is 4.79 Å². The lowest BCUT2D eigenvalue weighted by atomic mass is 9.83. The highest BCUT2D eigenvalue weighted by Crippen LogP contribution is 2.28. The molecule has 3 atom stereocenters. The summed E-state index contributed by atoms with van der Waals surface area (Å²) in [5.41, 5.74) is 7.27. The lowest BCUT2D eigenvalue weighted by molar-refractivity contribution is -0.138. The van der Waals surface area contributed by atoms with E-state index in [-0.39, 0.29) is 24.0 Å². The van der Waals surface area contributed by atoms with Crippen molar-refractivity contribution in [1.29, 1.82) is 0 Å². The minimum absolute atomic E-state index is 0.0366. The molecule has 0 radical (unpaired) electrons. The molecule has 0 unspecified atom stereocenters. The Balaban J connectivity index is 1.54. The Bertz CT molecular complexity index is 575. The third kappa shape index (κ3) is 3.85. The Morgan fingerprint density at radius 3 is 2.62 bits per heavy atom. The number of anilines is 1. The van der Waals surface area contributed by atoms with E-state index >= 15 is 0 Å². The molecule has 6 heteroatoms. The SMILES string of the molecule is CO[C@@H]1CC[C@H](C(=O)N2CCN(c3cccc(Cl)c3)CC2)C[C@H]1N. The van der Waals surface area contributed by atoms with Crippen LogP contribution in [0.15, 0.2) is 24.3 Å². The van der Waals surface area contributed by atoms with Crippen LogP contribution >= 0.6 is 11.6 Å². The van der Waals surface area contributed by atoms with Crippen molar-refractivity contribution < 1.29 is 9.53 Å². The molecule has 1 aromatic rings. The van der Waals surface area contributed by atoms with Crippen LogP contribution in [0, 0.1) is 5.92 Å². The normalized spacial score (nSPS) is 28.0. The number of amides is 1. The van der Waals surface area contributed by atoms with Crippen molar-refractivity contribution in [3.8, 4) is 0 Å². The molecule has 132 valence electrons. The Kier molecular flexibility index (Phi) is 5.64. The van der Waals surface area contributed by atoms with Gasteiger partial charge in [-0.05, 0) is 37.5 Å². The number of benzene rings is 1. The van der Waals surface area contributed by atoms with Crippen molar-refractivity contribution in [2.24, 2.45) is 11.7 Å². The summed E-state index contributed by atoms with van der Waals surface area (Å²) in [6, 6.07) is 7.85. The predicted octanol–water partition coefficient (Wildman–Crippen LogP) is 2.13. The number of carbonyl (C=O) groups is 1. The predicted molar refractivity (Wildman–Crippen MR) is 96.4 cm³/mol. The highest BCUT2D eigenvalue weighted by molar-refractivity contribution is 6.30. The van der Waals surface area contributed by atoms with Gasteiger partial charge in [-0.15, -0.1) is 0 Å². The van der Waals surface area contributed by atoms with E-state index in [0.29, 0.717) is 0 Å². The number of ether oxygens (including phenoxy) is 1. The number of piperazine rings is 1. The van der Waals surface area contributed by atoms with Crippen LogP contribution in [0.5, 0.6) is 0 Å². The lowest BCUT2D eigenvalue weighted by Gasteiger charge is -2.39. The van der Waals surface area contributed by atoms with E-state index in [4.69, 9.17) is 22.1 Å². The maximum Gasteiger partial charge on any atom is 0.225 e. The van der Waals surface area contributed by atoms with Gasteiger partial charge in [-0.25, -0.2) is 0 Å². The maximum absolute atomic E-state index is 12.8. The van der Waals surface area contributed by atoms with Crippen LogP contribution in [0.25, 0.3) is 0 Å². The van der Waals surface area contributed by atoms with Gasteiger partial charge in [0.2, 0.25) is 5.91 Å². The molecule has 1 aromatic carbocycles. The average Bonchev–Trinajstić information content (AvgIpc) is 2.61. The number of hydrogen-bond acceptors (Lipinski definition) is 4. The third-order valence-electron chi connectivity index (χ3n) is 5.25. The molecule has 2 aliphatic rings. The maximum atomic E-state index is 12.8. The van der Waals surface area contributed by atoms with Gasteiger partial charge in [0.15, 0.2) is 0 Å². The van der Waals surface area contributed by atoms with Crippen molar-refractivity contribution >= 4 is 23.2 Å². The first kappa shape index (κ1) is 17.5. The second-order valence-electron chi connectivity index (χ2n) is 6.74. The summed E-state index contributed by atoms with van der Waals surface area (Å²) >= 11 is 6.07. The van der Waals surface area contributed by atoms with Gasteiger partial charge in [0.25, 0.3) is 0 Å². The number of nitrogens with zero attached hydrogens (tertiary/aromatic N) is 2. The Morgan fingerprint density at radius 2 is 2.00 bits per heavy atom. The first-order chi connectivity index (χ1) is 11.6. The molecule has 0 bridgehead atoms. The fourth-order valence-electron chi connectivity index (χ4n) is 3.81. The van der Waals surface area contributed by atoms with Crippen LogP contribution in [0.2, 0.25) is 5.02 Å². The van der Waals surface area contributed by atoms with Gasteiger partial charge in [0, 0.05) is 56.0 Å². The Labute approximate surface area is 148 Å². The molecular weight excluding hydrogens is 326 g/mol. The van der Waals surface area contributed by atoms with E-state index in [2.05, 4.69) is 11.0 Å². The van der Waals surface area contributed by atoms with Crippen molar-refractivity contribution in [1.82, 2.24) is 4.90 Å².